The van der Waals surface area contributed by atoms with Crippen LogP contribution in [0.3, 0.4) is 0 Å². The third-order valence-electron chi connectivity index (χ3n) is 3.21. The number of amides is 2. The van der Waals surface area contributed by atoms with Gasteiger partial charge in [0.1, 0.15) is 5.75 Å². The Kier molecular flexibility index (Phi) is 3.74. The summed E-state index contributed by atoms with van der Waals surface area (Å²) >= 11 is 0. The molecule has 0 saturated heterocycles. The van der Waals surface area contributed by atoms with E-state index in [4.69, 9.17) is 9.47 Å². The summed E-state index contributed by atoms with van der Waals surface area (Å²) in [6.07, 6.45) is 0. The van der Waals surface area contributed by atoms with Gasteiger partial charge in [-0.3, -0.25) is 19.3 Å². The molecule has 6 nitrogen and oxygen atoms in total. The van der Waals surface area contributed by atoms with Gasteiger partial charge in [-0.25, -0.2) is 0 Å². The van der Waals surface area contributed by atoms with Crippen LogP contribution < -0.4 is 4.74 Å². The molecule has 0 aromatic heterocycles. The molecule has 0 saturated carbocycles. The number of fused-ring (bicyclic) bond motifs is 1. The van der Waals surface area contributed by atoms with Crippen LogP contribution in [0.15, 0.2) is 18.2 Å². The van der Waals surface area contributed by atoms with Gasteiger partial charge in [0.15, 0.2) is 5.92 Å². The zero-order chi connectivity index (χ0) is 14.9. The summed E-state index contributed by atoms with van der Waals surface area (Å²) in [7, 11) is 2.83. The first kappa shape index (κ1) is 14.0. The predicted molar refractivity (Wildman–Crippen MR) is 69.5 cm³/mol. The highest BCUT2D eigenvalue weighted by Crippen LogP contribution is 2.32. The van der Waals surface area contributed by atoms with Crippen molar-refractivity contribution in [2.45, 2.75) is 12.8 Å². The van der Waals surface area contributed by atoms with Crippen molar-refractivity contribution in [1.82, 2.24) is 4.90 Å². The Morgan fingerprint density at radius 1 is 1.35 bits per heavy atom. The van der Waals surface area contributed by atoms with Gasteiger partial charge in [0.05, 0.1) is 13.7 Å². The van der Waals surface area contributed by atoms with Crippen molar-refractivity contribution in [3.8, 4) is 5.75 Å². The van der Waals surface area contributed by atoms with Crippen LogP contribution in [0.2, 0.25) is 0 Å². The van der Waals surface area contributed by atoms with Gasteiger partial charge in [0, 0.05) is 12.6 Å². The van der Waals surface area contributed by atoms with Crippen molar-refractivity contribution in [2.75, 3.05) is 20.8 Å². The number of benzene rings is 1. The molecule has 0 radical (unpaired) electrons. The van der Waals surface area contributed by atoms with Crippen molar-refractivity contribution in [2.24, 2.45) is 0 Å². The molecule has 1 aliphatic heterocycles. The zero-order valence-corrected chi connectivity index (χ0v) is 11.5. The third kappa shape index (κ3) is 2.13. The number of likely N-dealkylation sites (N-methyl/N-ethyl adjacent to an activating group) is 1. The molecule has 0 bridgehead atoms. The molecule has 20 heavy (non-hydrogen) atoms. The van der Waals surface area contributed by atoms with Crippen LogP contribution in [0.5, 0.6) is 5.75 Å². The predicted octanol–water partition coefficient (Wildman–Crippen LogP) is 0.954. The van der Waals surface area contributed by atoms with Crippen LogP contribution in [0.25, 0.3) is 0 Å². The first-order valence-corrected chi connectivity index (χ1v) is 6.17. The number of rotatable bonds is 3. The highest BCUT2D eigenvalue weighted by Gasteiger charge is 2.42. The van der Waals surface area contributed by atoms with E-state index in [2.05, 4.69) is 0 Å². The second-order valence-electron chi connectivity index (χ2n) is 4.34. The van der Waals surface area contributed by atoms with Gasteiger partial charge in [0.2, 0.25) is 5.91 Å². The number of hydrogen-bond acceptors (Lipinski definition) is 5. The number of imide groups is 1. The van der Waals surface area contributed by atoms with Crippen LogP contribution in [0.4, 0.5) is 0 Å². The average Bonchev–Trinajstić information content (AvgIpc) is 2.45. The average molecular weight is 277 g/mol. The van der Waals surface area contributed by atoms with E-state index < -0.39 is 23.7 Å². The highest BCUT2D eigenvalue weighted by atomic mass is 16.5. The molecule has 0 aliphatic carbocycles. The lowest BCUT2D eigenvalue weighted by atomic mass is 9.88. The smallest absolute Gasteiger partial charge is 0.323 e. The fourth-order valence-electron chi connectivity index (χ4n) is 2.16. The largest absolute Gasteiger partial charge is 0.497 e. The summed E-state index contributed by atoms with van der Waals surface area (Å²) in [5.41, 5.74) is 0.641. The van der Waals surface area contributed by atoms with E-state index in [1.807, 2.05) is 0 Å². The van der Waals surface area contributed by atoms with E-state index in [9.17, 15) is 14.4 Å². The normalized spacial score (nSPS) is 17.8. The Morgan fingerprint density at radius 3 is 2.65 bits per heavy atom. The van der Waals surface area contributed by atoms with Crippen LogP contribution in [0, 0.1) is 0 Å². The minimum atomic E-state index is -1.10. The second kappa shape index (κ2) is 5.32. The summed E-state index contributed by atoms with van der Waals surface area (Å²) in [6, 6.07) is 4.68. The SMILES string of the molecule is CCOC(=O)C1C(=O)N(C)C(=O)c2cc(OC)ccc21. The number of nitrogens with zero attached hydrogens (tertiary/aromatic N) is 1. The number of esters is 1. The molecular formula is C14H15NO5. The maximum atomic E-state index is 12.1. The topological polar surface area (TPSA) is 72.9 Å². The van der Waals surface area contributed by atoms with Gasteiger partial charge in [-0.1, -0.05) is 6.07 Å². The molecule has 0 fully saturated rings. The molecule has 1 aromatic rings. The van der Waals surface area contributed by atoms with E-state index in [0.29, 0.717) is 11.3 Å². The summed E-state index contributed by atoms with van der Waals surface area (Å²) < 4.78 is 9.98. The van der Waals surface area contributed by atoms with E-state index in [-0.39, 0.29) is 12.2 Å². The number of methoxy groups -OCH3 is 1. The summed E-state index contributed by atoms with van der Waals surface area (Å²) in [6.45, 7) is 1.83. The molecule has 1 aliphatic rings. The minimum absolute atomic E-state index is 0.172. The van der Waals surface area contributed by atoms with E-state index in [1.54, 1.807) is 19.1 Å². The summed E-state index contributed by atoms with van der Waals surface area (Å²) in [4.78, 5) is 37.2. The molecular weight excluding hydrogens is 262 g/mol. The molecule has 2 amide bonds. The lowest BCUT2D eigenvalue weighted by Gasteiger charge is -2.28. The van der Waals surface area contributed by atoms with E-state index in [0.717, 1.165) is 4.90 Å². The Balaban J connectivity index is 2.55. The van der Waals surface area contributed by atoms with Crippen molar-refractivity contribution in [3.63, 3.8) is 0 Å². The molecule has 1 aromatic carbocycles. The fourth-order valence-corrected chi connectivity index (χ4v) is 2.16. The molecule has 106 valence electrons. The van der Waals surface area contributed by atoms with Gasteiger partial charge in [-0.2, -0.15) is 0 Å². The Hall–Kier alpha value is -2.37. The number of carbonyl (C=O) groups is 3. The molecule has 2 rings (SSSR count). The van der Waals surface area contributed by atoms with Gasteiger partial charge < -0.3 is 9.47 Å². The molecule has 0 N–H and O–H groups in total. The Bertz CT molecular complexity index is 581. The van der Waals surface area contributed by atoms with E-state index in [1.165, 1.54) is 20.2 Å². The lowest BCUT2D eigenvalue weighted by molar-refractivity contribution is -0.150. The summed E-state index contributed by atoms with van der Waals surface area (Å²) in [5.74, 6) is -2.29. The lowest BCUT2D eigenvalue weighted by Crippen LogP contribution is -2.45. The number of carbonyl (C=O) groups excluding carboxylic acids is 3. The summed E-state index contributed by atoms with van der Waals surface area (Å²) in [5, 5.41) is 0. The second-order valence-corrected chi connectivity index (χ2v) is 4.34. The minimum Gasteiger partial charge on any atom is -0.497 e. The molecule has 6 heteroatoms. The van der Waals surface area contributed by atoms with Crippen LogP contribution >= 0.6 is 0 Å². The van der Waals surface area contributed by atoms with Crippen molar-refractivity contribution < 1.29 is 23.9 Å². The Morgan fingerprint density at radius 2 is 2.05 bits per heavy atom. The maximum absolute atomic E-state index is 12.1. The maximum Gasteiger partial charge on any atom is 0.323 e. The molecule has 1 atom stereocenters. The quantitative estimate of drug-likeness (QED) is 0.467. The Labute approximate surface area is 116 Å². The van der Waals surface area contributed by atoms with E-state index >= 15 is 0 Å². The highest BCUT2D eigenvalue weighted by molar-refractivity contribution is 6.17. The molecule has 0 spiro atoms. The first-order valence-electron chi connectivity index (χ1n) is 6.17. The van der Waals surface area contributed by atoms with Gasteiger partial charge in [0.25, 0.3) is 5.91 Å². The standard InChI is InChI=1S/C14H15NO5/c1-4-20-14(18)11-9-6-5-8(19-3)7-10(9)12(16)15(2)13(11)17/h5-7,11H,4H2,1-3H3. The third-order valence-corrected chi connectivity index (χ3v) is 3.21. The number of hydrogen-bond donors (Lipinski definition) is 0. The van der Waals surface area contributed by atoms with Gasteiger partial charge >= 0.3 is 5.97 Å². The number of ether oxygens (including phenoxy) is 2. The monoisotopic (exact) mass is 277 g/mol. The van der Waals surface area contributed by atoms with Crippen LogP contribution in [0.1, 0.15) is 28.8 Å². The molecule has 1 heterocycles. The van der Waals surface area contributed by atoms with Crippen molar-refractivity contribution >= 4 is 17.8 Å². The van der Waals surface area contributed by atoms with Crippen molar-refractivity contribution in [3.05, 3.63) is 29.3 Å². The van der Waals surface area contributed by atoms with Crippen LogP contribution in [-0.2, 0) is 14.3 Å². The first-order chi connectivity index (χ1) is 9.51. The van der Waals surface area contributed by atoms with Crippen LogP contribution in [-0.4, -0.2) is 43.4 Å². The van der Waals surface area contributed by atoms with Gasteiger partial charge in [-0.15, -0.1) is 0 Å². The van der Waals surface area contributed by atoms with Gasteiger partial charge in [-0.05, 0) is 24.6 Å². The molecule has 1 unspecified atom stereocenters. The fraction of sp³-hybridized carbons (Fsp3) is 0.357. The zero-order valence-electron chi connectivity index (χ0n) is 11.5. The van der Waals surface area contributed by atoms with Crippen molar-refractivity contribution in [1.29, 1.82) is 0 Å².